The minimum atomic E-state index is 0.560. The van der Waals surface area contributed by atoms with Gasteiger partial charge < -0.3 is 10.1 Å². The normalized spacial score (nSPS) is 12.1. The molecule has 1 N–H and O–H groups in total. The van der Waals surface area contributed by atoms with Crippen LogP contribution in [0, 0.1) is 0 Å². The maximum absolute atomic E-state index is 5.42. The van der Waals surface area contributed by atoms with E-state index in [0.29, 0.717) is 12.6 Å². The van der Waals surface area contributed by atoms with Crippen molar-refractivity contribution in [2.24, 2.45) is 0 Å². The van der Waals surface area contributed by atoms with Crippen LogP contribution < -0.4 is 10.1 Å². The molecule has 0 radical (unpaired) electrons. The largest absolute Gasteiger partial charge is 0.490 e. The molecule has 1 aromatic rings. The minimum Gasteiger partial charge on any atom is -0.490 e. The van der Waals surface area contributed by atoms with Gasteiger partial charge in [0.2, 0.25) is 0 Å². The number of nitrogens with one attached hydrogen (secondary N) is 1. The molecular formula is C14H21NO. The molecule has 0 amide bonds. The van der Waals surface area contributed by atoms with Gasteiger partial charge in [-0.25, -0.2) is 0 Å². The number of ether oxygens (including phenoxy) is 1. The lowest BCUT2D eigenvalue weighted by molar-refractivity contribution is 0.363. The first kappa shape index (κ1) is 12.8. The number of hydrogen-bond donors (Lipinski definition) is 1. The average Bonchev–Trinajstić information content (AvgIpc) is 2.34. The summed E-state index contributed by atoms with van der Waals surface area (Å²) >= 11 is 0. The van der Waals surface area contributed by atoms with E-state index in [0.717, 1.165) is 18.7 Å². The minimum absolute atomic E-state index is 0.560. The van der Waals surface area contributed by atoms with Gasteiger partial charge in [0.25, 0.3) is 0 Å². The third-order valence-corrected chi connectivity index (χ3v) is 2.56. The molecule has 0 aromatic heterocycles. The van der Waals surface area contributed by atoms with E-state index in [2.05, 4.69) is 37.9 Å². The molecule has 0 aliphatic carbocycles. The van der Waals surface area contributed by atoms with Gasteiger partial charge >= 0.3 is 0 Å². The summed E-state index contributed by atoms with van der Waals surface area (Å²) in [5.41, 5.74) is 1.28. The molecule has 0 spiro atoms. The van der Waals surface area contributed by atoms with E-state index in [1.54, 1.807) is 6.08 Å². The quantitative estimate of drug-likeness (QED) is 0.711. The Morgan fingerprint density at radius 1 is 1.38 bits per heavy atom. The molecule has 0 saturated carbocycles. The zero-order chi connectivity index (χ0) is 11.8. The van der Waals surface area contributed by atoms with Gasteiger partial charge in [-0.2, -0.15) is 0 Å². The summed E-state index contributed by atoms with van der Waals surface area (Å²) in [6.07, 6.45) is 2.90. The average molecular weight is 219 g/mol. The number of rotatable bonds is 7. The first-order valence-corrected chi connectivity index (χ1v) is 5.82. The van der Waals surface area contributed by atoms with Crippen LogP contribution in [0.4, 0.5) is 0 Å². The van der Waals surface area contributed by atoms with E-state index in [9.17, 15) is 0 Å². The summed E-state index contributed by atoms with van der Waals surface area (Å²) in [6, 6.07) is 8.74. The summed E-state index contributed by atoms with van der Waals surface area (Å²) in [6.45, 7) is 9.47. The Kier molecular flexibility index (Phi) is 5.65. The van der Waals surface area contributed by atoms with Gasteiger partial charge in [0.15, 0.2) is 0 Å². The van der Waals surface area contributed by atoms with Crippen molar-refractivity contribution in [3.05, 3.63) is 42.5 Å². The van der Waals surface area contributed by atoms with Crippen LogP contribution >= 0.6 is 0 Å². The maximum atomic E-state index is 5.42. The van der Waals surface area contributed by atoms with Crippen molar-refractivity contribution in [3.63, 3.8) is 0 Å². The Bertz CT molecular complexity index is 305. The van der Waals surface area contributed by atoms with Gasteiger partial charge in [0.1, 0.15) is 12.4 Å². The molecule has 2 heteroatoms. The highest BCUT2D eigenvalue weighted by molar-refractivity contribution is 5.27. The van der Waals surface area contributed by atoms with Crippen LogP contribution in [-0.4, -0.2) is 12.6 Å². The van der Waals surface area contributed by atoms with Crippen LogP contribution in [0.2, 0.25) is 0 Å². The third kappa shape index (κ3) is 4.49. The second kappa shape index (κ2) is 7.07. The monoisotopic (exact) mass is 219 g/mol. The van der Waals surface area contributed by atoms with Gasteiger partial charge in [-0.3, -0.25) is 0 Å². The Labute approximate surface area is 98.3 Å². The molecule has 16 heavy (non-hydrogen) atoms. The van der Waals surface area contributed by atoms with E-state index in [1.165, 1.54) is 5.56 Å². The lowest BCUT2D eigenvalue weighted by Gasteiger charge is -2.11. The third-order valence-electron chi connectivity index (χ3n) is 2.56. The van der Waals surface area contributed by atoms with E-state index in [1.807, 2.05) is 12.1 Å². The van der Waals surface area contributed by atoms with E-state index < -0.39 is 0 Å². The van der Waals surface area contributed by atoms with Crippen LogP contribution in [-0.2, 0) is 6.54 Å². The Morgan fingerprint density at radius 3 is 2.62 bits per heavy atom. The molecule has 1 atom stereocenters. The Balaban J connectivity index is 2.41. The zero-order valence-corrected chi connectivity index (χ0v) is 10.2. The predicted octanol–water partition coefficient (Wildman–Crippen LogP) is 3.14. The lowest BCUT2D eigenvalue weighted by atomic mass is 10.2. The van der Waals surface area contributed by atoms with Crippen molar-refractivity contribution >= 4 is 0 Å². The van der Waals surface area contributed by atoms with Crippen LogP contribution in [0.3, 0.4) is 0 Å². The van der Waals surface area contributed by atoms with Crippen LogP contribution in [0.25, 0.3) is 0 Å². The van der Waals surface area contributed by atoms with Crippen molar-refractivity contribution in [2.45, 2.75) is 32.9 Å². The fraction of sp³-hybridized carbons (Fsp3) is 0.429. The number of benzene rings is 1. The molecule has 88 valence electrons. The van der Waals surface area contributed by atoms with Crippen LogP contribution in [0.5, 0.6) is 5.75 Å². The highest BCUT2D eigenvalue weighted by atomic mass is 16.5. The molecule has 1 rings (SSSR count). The molecule has 0 aliphatic rings. The first-order valence-electron chi connectivity index (χ1n) is 5.82. The summed E-state index contributed by atoms with van der Waals surface area (Å²) in [5.74, 6) is 0.896. The molecule has 0 bridgehead atoms. The van der Waals surface area contributed by atoms with Gasteiger partial charge in [-0.1, -0.05) is 31.7 Å². The van der Waals surface area contributed by atoms with Crippen molar-refractivity contribution in [3.8, 4) is 5.75 Å². The van der Waals surface area contributed by atoms with E-state index in [-0.39, 0.29) is 0 Å². The van der Waals surface area contributed by atoms with Crippen molar-refractivity contribution in [2.75, 3.05) is 6.61 Å². The molecule has 0 aliphatic heterocycles. The highest BCUT2D eigenvalue weighted by Crippen LogP contribution is 2.12. The molecule has 0 saturated heterocycles. The Morgan fingerprint density at radius 2 is 2.06 bits per heavy atom. The van der Waals surface area contributed by atoms with Gasteiger partial charge in [-0.05, 0) is 31.0 Å². The molecule has 1 aromatic carbocycles. The van der Waals surface area contributed by atoms with Crippen molar-refractivity contribution < 1.29 is 4.74 Å². The Hall–Kier alpha value is -1.28. The lowest BCUT2D eigenvalue weighted by Crippen LogP contribution is -2.24. The standard InChI is InChI=1S/C14H21NO/c1-4-10-16-14-8-6-13(7-9-14)11-15-12(3)5-2/h4,6-9,12,15H,1,5,10-11H2,2-3H3. The maximum Gasteiger partial charge on any atom is 0.119 e. The second-order valence-electron chi connectivity index (χ2n) is 3.93. The fourth-order valence-electron chi connectivity index (χ4n) is 1.30. The molecule has 2 nitrogen and oxygen atoms in total. The molecule has 0 fully saturated rings. The second-order valence-corrected chi connectivity index (χ2v) is 3.93. The van der Waals surface area contributed by atoms with Gasteiger partial charge in [-0.15, -0.1) is 0 Å². The molecule has 1 unspecified atom stereocenters. The number of hydrogen-bond acceptors (Lipinski definition) is 2. The first-order chi connectivity index (χ1) is 7.76. The SMILES string of the molecule is C=CCOc1ccc(CNC(C)CC)cc1. The van der Waals surface area contributed by atoms with Gasteiger partial charge in [0.05, 0.1) is 0 Å². The summed E-state index contributed by atoms with van der Waals surface area (Å²) in [7, 11) is 0. The van der Waals surface area contributed by atoms with Crippen molar-refractivity contribution in [1.29, 1.82) is 0 Å². The summed E-state index contributed by atoms with van der Waals surface area (Å²) in [5, 5.41) is 3.45. The van der Waals surface area contributed by atoms with Crippen LogP contribution in [0.15, 0.2) is 36.9 Å². The predicted molar refractivity (Wildman–Crippen MR) is 68.7 cm³/mol. The van der Waals surface area contributed by atoms with Crippen molar-refractivity contribution in [1.82, 2.24) is 5.32 Å². The van der Waals surface area contributed by atoms with E-state index in [4.69, 9.17) is 4.74 Å². The summed E-state index contributed by atoms with van der Waals surface area (Å²) < 4.78 is 5.42. The summed E-state index contributed by atoms with van der Waals surface area (Å²) in [4.78, 5) is 0. The van der Waals surface area contributed by atoms with Gasteiger partial charge in [0, 0.05) is 12.6 Å². The zero-order valence-electron chi connectivity index (χ0n) is 10.2. The van der Waals surface area contributed by atoms with E-state index >= 15 is 0 Å². The molecule has 0 heterocycles. The van der Waals surface area contributed by atoms with Crippen LogP contribution in [0.1, 0.15) is 25.8 Å². The highest BCUT2D eigenvalue weighted by Gasteiger charge is 1.98. The topological polar surface area (TPSA) is 21.3 Å². The fourth-order valence-corrected chi connectivity index (χ4v) is 1.30. The molecular weight excluding hydrogens is 198 g/mol. The smallest absolute Gasteiger partial charge is 0.119 e.